The van der Waals surface area contributed by atoms with E-state index in [-0.39, 0.29) is 12.0 Å². The number of rotatable bonds is 2. The van der Waals surface area contributed by atoms with Crippen LogP contribution < -0.4 is 5.73 Å². The van der Waals surface area contributed by atoms with E-state index in [1.807, 2.05) is 13.8 Å². The van der Waals surface area contributed by atoms with Crippen molar-refractivity contribution in [1.82, 2.24) is 15.2 Å². The number of nitrogens with one attached hydrogen (secondary N) is 1. The summed E-state index contributed by atoms with van der Waals surface area (Å²) < 4.78 is 0. The van der Waals surface area contributed by atoms with Crippen molar-refractivity contribution in [2.45, 2.75) is 25.8 Å². The number of nitrogens with zero attached hydrogens (tertiary/aromatic N) is 2. The van der Waals surface area contributed by atoms with E-state index in [2.05, 4.69) is 15.2 Å². The van der Waals surface area contributed by atoms with Gasteiger partial charge in [0.1, 0.15) is 12.2 Å². The van der Waals surface area contributed by atoms with Crippen molar-refractivity contribution in [2.24, 2.45) is 5.73 Å². The fraction of sp³-hybridized carbons (Fsp3) is 0.667. The van der Waals surface area contributed by atoms with Gasteiger partial charge in [-0.15, -0.1) is 0 Å². The van der Waals surface area contributed by atoms with Crippen LogP contribution in [0.4, 0.5) is 0 Å². The standard InChI is InChI=1S/C6H12N4/c1-4(5(2)7)6-8-3-9-10-6/h3-5H,7H2,1-2H3,(H,8,9,10). The molecule has 0 aliphatic heterocycles. The third kappa shape index (κ3) is 1.33. The van der Waals surface area contributed by atoms with Gasteiger partial charge in [0, 0.05) is 12.0 Å². The molecule has 2 atom stereocenters. The Labute approximate surface area is 59.8 Å². The van der Waals surface area contributed by atoms with E-state index in [0.29, 0.717) is 0 Å². The smallest absolute Gasteiger partial charge is 0.137 e. The third-order valence-corrected chi connectivity index (χ3v) is 1.65. The van der Waals surface area contributed by atoms with E-state index in [9.17, 15) is 0 Å². The highest BCUT2D eigenvalue weighted by Gasteiger charge is 2.11. The molecular formula is C6H12N4. The first-order chi connectivity index (χ1) is 4.72. The highest BCUT2D eigenvalue weighted by atomic mass is 15.2. The lowest BCUT2D eigenvalue weighted by Gasteiger charge is -2.10. The van der Waals surface area contributed by atoms with Crippen molar-refractivity contribution in [3.63, 3.8) is 0 Å². The zero-order valence-electron chi connectivity index (χ0n) is 6.20. The normalized spacial score (nSPS) is 16.7. The molecule has 4 nitrogen and oxygen atoms in total. The van der Waals surface area contributed by atoms with Gasteiger partial charge >= 0.3 is 0 Å². The summed E-state index contributed by atoms with van der Waals surface area (Å²) in [5.74, 6) is 1.11. The van der Waals surface area contributed by atoms with Gasteiger partial charge in [-0.2, -0.15) is 5.10 Å². The Morgan fingerprint density at radius 2 is 2.30 bits per heavy atom. The molecule has 0 spiro atoms. The molecule has 0 saturated heterocycles. The second-order valence-electron chi connectivity index (χ2n) is 2.52. The van der Waals surface area contributed by atoms with Gasteiger partial charge in [0.05, 0.1) is 0 Å². The van der Waals surface area contributed by atoms with E-state index in [1.54, 1.807) is 0 Å². The molecule has 2 unspecified atom stereocenters. The van der Waals surface area contributed by atoms with Crippen LogP contribution in [0.3, 0.4) is 0 Å². The summed E-state index contributed by atoms with van der Waals surface area (Å²) in [5.41, 5.74) is 5.64. The predicted octanol–water partition coefficient (Wildman–Crippen LogP) is 0.255. The lowest BCUT2D eigenvalue weighted by Crippen LogP contribution is -2.23. The maximum Gasteiger partial charge on any atom is 0.137 e. The van der Waals surface area contributed by atoms with Crippen LogP contribution in [0, 0.1) is 0 Å². The third-order valence-electron chi connectivity index (χ3n) is 1.65. The first-order valence-electron chi connectivity index (χ1n) is 3.32. The van der Waals surface area contributed by atoms with Crippen molar-refractivity contribution < 1.29 is 0 Å². The first kappa shape index (κ1) is 7.21. The average Bonchev–Trinajstić information content (AvgIpc) is 2.36. The topological polar surface area (TPSA) is 67.6 Å². The van der Waals surface area contributed by atoms with Crippen LogP contribution in [0.2, 0.25) is 0 Å². The van der Waals surface area contributed by atoms with Gasteiger partial charge in [0.25, 0.3) is 0 Å². The Balaban J connectivity index is 2.68. The summed E-state index contributed by atoms with van der Waals surface area (Å²) in [6.45, 7) is 3.97. The van der Waals surface area contributed by atoms with Crippen LogP contribution in [0.25, 0.3) is 0 Å². The van der Waals surface area contributed by atoms with E-state index in [0.717, 1.165) is 5.82 Å². The maximum atomic E-state index is 5.64. The molecule has 0 bridgehead atoms. The molecule has 4 heteroatoms. The molecule has 10 heavy (non-hydrogen) atoms. The Morgan fingerprint density at radius 1 is 1.60 bits per heavy atom. The number of aromatic amines is 1. The second kappa shape index (κ2) is 2.79. The van der Waals surface area contributed by atoms with Crippen LogP contribution in [0.15, 0.2) is 6.33 Å². The van der Waals surface area contributed by atoms with E-state index >= 15 is 0 Å². The molecule has 0 saturated carbocycles. The number of hydrogen-bond donors (Lipinski definition) is 2. The van der Waals surface area contributed by atoms with E-state index < -0.39 is 0 Å². The molecule has 1 aromatic heterocycles. The molecule has 0 aromatic carbocycles. The highest BCUT2D eigenvalue weighted by Crippen LogP contribution is 2.10. The summed E-state index contributed by atoms with van der Waals surface area (Å²) in [6, 6.07) is 0.118. The highest BCUT2D eigenvalue weighted by molar-refractivity contribution is 4.94. The second-order valence-corrected chi connectivity index (χ2v) is 2.52. The molecule has 1 aromatic rings. The summed E-state index contributed by atoms with van der Waals surface area (Å²) in [4.78, 5) is 3.99. The van der Waals surface area contributed by atoms with Crippen molar-refractivity contribution in [3.8, 4) is 0 Å². The van der Waals surface area contributed by atoms with Gasteiger partial charge in [0.2, 0.25) is 0 Å². The summed E-state index contributed by atoms with van der Waals surface area (Å²) >= 11 is 0. The van der Waals surface area contributed by atoms with Crippen LogP contribution in [0.1, 0.15) is 25.6 Å². The number of H-pyrrole nitrogens is 1. The zero-order valence-corrected chi connectivity index (χ0v) is 6.20. The Morgan fingerprint density at radius 3 is 2.70 bits per heavy atom. The number of aromatic nitrogens is 3. The Hall–Kier alpha value is -0.900. The Kier molecular flexibility index (Phi) is 2.01. The van der Waals surface area contributed by atoms with Gasteiger partial charge in [-0.25, -0.2) is 4.98 Å². The predicted molar refractivity (Wildman–Crippen MR) is 38.4 cm³/mol. The lowest BCUT2D eigenvalue weighted by molar-refractivity contribution is 0.583. The van der Waals surface area contributed by atoms with Gasteiger partial charge in [-0.1, -0.05) is 6.92 Å². The van der Waals surface area contributed by atoms with E-state index in [1.165, 1.54) is 6.33 Å². The van der Waals surface area contributed by atoms with Crippen molar-refractivity contribution in [1.29, 1.82) is 0 Å². The maximum absolute atomic E-state index is 5.64. The molecular weight excluding hydrogens is 128 g/mol. The molecule has 0 radical (unpaired) electrons. The van der Waals surface area contributed by atoms with E-state index in [4.69, 9.17) is 5.73 Å². The van der Waals surface area contributed by atoms with Gasteiger partial charge in [0.15, 0.2) is 0 Å². The molecule has 56 valence electrons. The molecule has 0 fully saturated rings. The summed E-state index contributed by atoms with van der Waals surface area (Å²) in [7, 11) is 0. The first-order valence-corrected chi connectivity index (χ1v) is 3.32. The van der Waals surface area contributed by atoms with Crippen LogP contribution in [0.5, 0.6) is 0 Å². The summed E-state index contributed by atoms with van der Waals surface area (Å²) in [6.07, 6.45) is 1.49. The van der Waals surface area contributed by atoms with Gasteiger partial charge in [-0.05, 0) is 6.92 Å². The molecule has 0 amide bonds. The molecule has 1 rings (SSSR count). The minimum absolute atomic E-state index is 0.118. The fourth-order valence-corrected chi connectivity index (χ4v) is 0.683. The summed E-state index contributed by atoms with van der Waals surface area (Å²) in [5, 5.41) is 6.51. The molecule has 1 heterocycles. The molecule has 0 aliphatic rings. The average molecular weight is 140 g/mol. The lowest BCUT2D eigenvalue weighted by atomic mass is 10.0. The fourth-order valence-electron chi connectivity index (χ4n) is 0.683. The molecule has 0 aliphatic carbocycles. The zero-order chi connectivity index (χ0) is 7.56. The molecule has 3 N–H and O–H groups in total. The largest absolute Gasteiger partial charge is 0.327 e. The quantitative estimate of drug-likeness (QED) is 0.619. The Bertz CT molecular complexity index is 180. The van der Waals surface area contributed by atoms with Crippen molar-refractivity contribution in [3.05, 3.63) is 12.2 Å². The van der Waals surface area contributed by atoms with Gasteiger partial charge in [-0.3, -0.25) is 5.10 Å². The van der Waals surface area contributed by atoms with Crippen LogP contribution in [-0.4, -0.2) is 21.2 Å². The minimum atomic E-state index is 0.118. The monoisotopic (exact) mass is 140 g/mol. The SMILES string of the molecule is CC(N)C(C)c1ncn[nH]1. The number of hydrogen-bond acceptors (Lipinski definition) is 3. The van der Waals surface area contributed by atoms with Crippen molar-refractivity contribution in [2.75, 3.05) is 0 Å². The minimum Gasteiger partial charge on any atom is -0.327 e. The van der Waals surface area contributed by atoms with Crippen LogP contribution >= 0.6 is 0 Å². The van der Waals surface area contributed by atoms with Crippen LogP contribution in [-0.2, 0) is 0 Å². The number of nitrogens with two attached hydrogens (primary N) is 1. The van der Waals surface area contributed by atoms with Gasteiger partial charge < -0.3 is 5.73 Å². The van der Waals surface area contributed by atoms with Crippen molar-refractivity contribution >= 4 is 0 Å².